The molecular formula is C20H18O2. The van der Waals surface area contributed by atoms with Crippen LogP contribution in [0.1, 0.15) is 5.56 Å². The Morgan fingerprint density at radius 2 is 1.32 bits per heavy atom. The summed E-state index contributed by atoms with van der Waals surface area (Å²) < 4.78 is 11.7. The Labute approximate surface area is 130 Å². The molecule has 0 fully saturated rings. The first kappa shape index (κ1) is 14.2. The van der Waals surface area contributed by atoms with Gasteiger partial charge < -0.3 is 9.47 Å². The minimum Gasteiger partial charge on any atom is -0.489 e. The summed E-state index contributed by atoms with van der Waals surface area (Å²) in [5.74, 6) is 1.72. The maximum absolute atomic E-state index is 5.99. The number of hydrogen-bond donors (Lipinski definition) is 0. The molecule has 22 heavy (non-hydrogen) atoms. The predicted molar refractivity (Wildman–Crippen MR) is 90.4 cm³/mol. The minimum atomic E-state index is 0.494. The molecular weight excluding hydrogens is 272 g/mol. The average Bonchev–Trinajstić information content (AvgIpc) is 2.59. The van der Waals surface area contributed by atoms with Crippen LogP contribution in [0.5, 0.6) is 11.5 Å². The van der Waals surface area contributed by atoms with Gasteiger partial charge in [-0.2, -0.15) is 0 Å². The van der Waals surface area contributed by atoms with Gasteiger partial charge in [0.25, 0.3) is 0 Å². The Balaban J connectivity index is 1.88. The molecule has 0 aromatic heterocycles. The van der Waals surface area contributed by atoms with Crippen LogP contribution in [0, 0.1) is 0 Å². The smallest absolute Gasteiger partial charge is 0.127 e. The van der Waals surface area contributed by atoms with Crippen molar-refractivity contribution in [1.82, 2.24) is 0 Å². The molecule has 0 aliphatic rings. The Hall–Kier alpha value is -2.74. The van der Waals surface area contributed by atoms with Crippen molar-refractivity contribution in [3.8, 4) is 11.5 Å². The minimum absolute atomic E-state index is 0.494. The molecule has 0 saturated carbocycles. The van der Waals surface area contributed by atoms with E-state index >= 15 is 0 Å². The fourth-order valence-corrected chi connectivity index (χ4v) is 2.38. The molecule has 0 amide bonds. The van der Waals surface area contributed by atoms with Gasteiger partial charge in [0.1, 0.15) is 24.7 Å². The second kappa shape index (κ2) is 6.81. The third kappa shape index (κ3) is 3.12. The normalized spacial score (nSPS) is 10.4. The van der Waals surface area contributed by atoms with Crippen molar-refractivity contribution >= 4 is 10.8 Å². The first-order chi connectivity index (χ1) is 10.9. The Morgan fingerprint density at radius 3 is 1.95 bits per heavy atom. The molecule has 2 heteroatoms. The molecule has 0 N–H and O–H groups in total. The molecule has 0 bridgehead atoms. The summed E-state index contributed by atoms with van der Waals surface area (Å²) in [4.78, 5) is 0. The first-order valence-corrected chi connectivity index (χ1v) is 7.30. The maximum atomic E-state index is 5.99. The van der Waals surface area contributed by atoms with Gasteiger partial charge in [-0.25, -0.2) is 0 Å². The number of benzene rings is 3. The van der Waals surface area contributed by atoms with Crippen molar-refractivity contribution in [2.75, 3.05) is 6.61 Å². The number of hydrogen-bond acceptors (Lipinski definition) is 2. The molecule has 0 radical (unpaired) electrons. The van der Waals surface area contributed by atoms with E-state index in [0.717, 1.165) is 27.8 Å². The SMILES string of the molecule is C=CCOc1ccc(OCc2ccccc2)c2ccccc12. The van der Waals surface area contributed by atoms with Gasteiger partial charge in [-0.05, 0) is 17.7 Å². The van der Waals surface area contributed by atoms with E-state index in [1.807, 2.05) is 48.5 Å². The van der Waals surface area contributed by atoms with Crippen molar-refractivity contribution in [3.63, 3.8) is 0 Å². The average molecular weight is 290 g/mol. The van der Waals surface area contributed by atoms with Crippen LogP contribution in [0.25, 0.3) is 10.8 Å². The summed E-state index contributed by atoms with van der Waals surface area (Å²) in [7, 11) is 0. The van der Waals surface area contributed by atoms with Crippen LogP contribution < -0.4 is 9.47 Å². The third-order valence-corrected chi connectivity index (χ3v) is 3.44. The lowest BCUT2D eigenvalue weighted by atomic mass is 10.1. The number of ether oxygens (including phenoxy) is 2. The van der Waals surface area contributed by atoms with E-state index in [2.05, 4.69) is 24.8 Å². The van der Waals surface area contributed by atoms with Crippen LogP contribution in [0.2, 0.25) is 0 Å². The largest absolute Gasteiger partial charge is 0.489 e. The van der Waals surface area contributed by atoms with Crippen LogP contribution in [-0.2, 0) is 6.61 Å². The van der Waals surface area contributed by atoms with E-state index in [0.29, 0.717) is 13.2 Å². The summed E-state index contributed by atoms with van der Waals surface area (Å²) in [5, 5.41) is 2.11. The molecule has 110 valence electrons. The molecule has 3 aromatic carbocycles. The van der Waals surface area contributed by atoms with Gasteiger partial charge in [0.2, 0.25) is 0 Å². The number of rotatable bonds is 6. The molecule has 2 nitrogen and oxygen atoms in total. The van der Waals surface area contributed by atoms with E-state index in [1.165, 1.54) is 0 Å². The molecule has 0 saturated heterocycles. The highest BCUT2D eigenvalue weighted by Crippen LogP contribution is 2.33. The van der Waals surface area contributed by atoms with Crippen LogP contribution in [-0.4, -0.2) is 6.61 Å². The first-order valence-electron chi connectivity index (χ1n) is 7.30. The van der Waals surface area contributed by atoms with Crippen molar-refractivity contribution in [2.45, 2.75) is 6.61 Å². The maximum Gasteiger partial charge on any atom is 0.127 e. The van der Waals surface area contributed by atoms with Gasteiger partial charge in [-0.15, -0.1) is 0 Å². The quantitative estimate of drug-likeness (QED) is 0.596. The van der Waals surface area contributed by atoms with Gasteiger partial charge in [-0.1, -0.05) is 67.3 Å². The van der Waals surface area contributed by atoms with Gasteiger partial charge >= 0.3 is 0 Å². The van der Waals surface area contributed by atoms with Crippen molar-refractivity contribution in [2.24, 2.45) is 0 Å². The molecule has 0 unspecified atom stereocenters. The predicted octanol–water partition coefficient (Wildman–Crippen LogP) is 4.98. The van der Waals surface area contributed by atoms with Crippen LogP contribution >= 0.6 is 0 Å². The summed E-state index contributed by atoms with van der Waals surface area (Å²) >= 11 is 0. The second-order valence-corrected chi connectivity index (χ2v) is 4.98. The van der Waals surface area contributed by atoms with Crippen molar-refractivity contribution in [3.05, 3.63) is 84.9 Å². The molecule has 3 aromatic rings. The lowest BCUT2D eigenvalue weighted by molar-refractivity contribution is 0.309. The molecule has 0 atom stereocenters. The van der Waals surface area contributed by atoms with Crippen molar-refractivity contribution < 1.29 is 9.47 Å². The van der Waals surface area contributed by atoms with Crippen molar-refractivity contribution in [1.29, 1.82) is 0 Å². The molecule has 0 spiro atoms. The second-order valence-electron chi connectivity index (χ2n) is 4.98. The topological polar surface area (TPSA) is 18.5 Å². The zero-order valence-corrected chi connectivity index (χ0v) is 12.4. The monoisotopic (exact) mass is 290 g/mol. The lowest BCUT2D eigenvalue weighted by Gasteiger charge is -2.13. The molecule has 3 rings (SSSR count). The summed E-state index contributed by atoms with van der Waals surface area (Å²) in [6, 6.07) is 22.2. The molecule has 0 heterocycles. The Kier molecular flexibility index (Phi) is 4.40. The fraction of sp³-hybridized carbons (Fsp3) is 0.100. The van der Waals surface area contributed by atoms with E-state index in [9.17, 15) is 0 Å². The van der Waals surface area contributed by atoms with Gasteiger partial charge in [0.05, 0.1) is 0 Å². The van der Waals surface area contributed by atoms with Crippen LogP contribution in [0.3, 0.4) is 0 Å². The molecule has 0 aliphatic carbocycles. The van der Waals surface area contributed by atoms with E-state index in [1.54, 1.807) is 6.08 Å². The Morgan fingerprint density at radius 1 is 0.727 bits per heavy atom. The van der Waals surface area contributed by atoms with E-state index in [-0.39, 0.29) is 0 Å². The highest BCUT2D eigenvalue weighted by atomic mass is 16.5. The van der Waals surface area contributed by atoms with E-state index in [4.69, 9.17) is 9.47 Å². The van der Waals surface area contributed by atoms with Gasteiger partial charge in [-0.3, -0.25) is 0 Å². The summed E-state index contributed by atoms with van der Waals surface area (Å²) in [5.41, 5.74) is 1.15. The number of fused-ring (bicyclic) bond motifs is 1. The highest BCUT2D eigenvalue weighted by molar-refractivity contribution is 5.93. The zero-order chi connectivity index (χ0) is 15.2. The highest BCUT2D eigenvalue weighted by Gasteiger charge is 2.07. The summed E-state index contributed by atoms with van der Waals surface area (Å²) in [6.45, 7) is 4.73. The third-order valence-electron chi connectivity index (χ3n) is 3.44. The van der Waals surface area contributed by atoms with E-state index < -0.39 is 0 Å². The molecule has 0 aliphatic heterocycles. The standard InChI is InChI=1S/C20H18O2/c1-2-14-21-19-12-13-20(18-11-7-6-10-17(18)19)22-15-16-8-4-3-5-9-16/h2-13H,1,14-15H2. The van der Waals surface area contributed by atoms with Crippen LogP contribution in [0.4, 0.5) is 0 Å². The zero-order valence-electron chi connectivity index (χ0n) is 12.4. The Bertz CT molecular complexity index is 763. The fourth-order valence-electron chi connectivity index (χ4n) is 2.38. The van der Waals surface area contributed by atoms with Gasteiger partial charge in [0, 0.05) is 10.8 Å². The van der Waals surface area contributed by atoms with Gasteiger partial charge in [0.15, 0.2) is 0 Å². The van der Waals surface area contributed by atoms with Crippen LogP contribution in [0.15, 0.2) is 79.4 Å². The summed E-state index contributed by atoms with van der Waals surface area (Å²) in [6.07, 6.45) is 1.74. The lowest BCUT2D eigenvalue weighted by Crippen LogP contribution is -1.98.